The van der Waals surface area contributed by atoms with Gasteiger partial charge in [0.1, 0.15) is 18.0 Å². The van der Waals surface area contributed by atoms with Gasteiger partial charge in [0, 0.05) is 5.75 Å². The van der Waals surface area contributed by atoms with Crippen LogP contribution in [0.25, 0.3) is 11.0 Å². The predicted molar refractivity (Wildman–Crippen MR) is 72.7 cm³/mol. The van der Waals surface area contributed by atoms with Crippen LogP contribution in [0.1, 0.15) is 22.0 Å². The van der Waals surface area contributed by atoms with Gasteiger partial charge in [0.25, 0.3) is 0 Å². The minimum Gasteiger partial charge on any atom is -0.463 e. The van der Waals surface area contributed by atoms with Crippen molar-refractivity contribution in [1.82, 2.24) is 0 Å². The van der Waals surface area contributed by atoms with E-state index < -0.39 is 17.6 Å². The Bertz CT molecular complexity index is 664. The molecule has 1 heterocycles. The van der Waals surface area contributed by atoms with Crippen molar-refractivity contribution in [2.45, 2.75) is 12.2 Å². The number of thiol groups is 1. The third-order valence-corrected chi connectivity index (χ3v) is 3.22. The van der Waals surface area contributed by atoms with Crippen LogP contribution in [-0.4, -0.2) is 28.4 Å². The van der Waals surface area contributed by atoms with E-state index in [1.807, 2.05) is 0 Å². The Hall–Kier alpha value is -1.63. The number of hydrogen-bond donors (Lipinski definition) is 3. The highest BCUT2D eigenvalue weighted by Crippen LogP contribution is 2.21. The van der Waals surface area contributed by atoms with Crippen molar-refractivity contribution in [3.8, 4) is 0 Å². The standard InChI is InChI=1S/C13H12O5S/c14-4-8-5-18-11-2-1-7(3-9(11)12(8)16)13(17)10(15)6-19/h1-5,10,13,15,17,19H,6H2. The summed E-state index contributed by atoms with van der Waals surface area (Å²) >= 11 is 3.89. The van der Waals surface area contributed by atoms with Gasteiger partial charge in [-0.3, -0.25) is 9.59 Å². The second kappa shape index (κ2) is 5.56. The number of benzene rings is 1. The smallest absolute Gasteiger partial charge is 0.203 e. The molecular formula is C13H12O5S. The number of carbonyl (C=O) groups excluding carboxylic acids is 1. The number of fused-ring (bicyclic) bond motifs is 1. The topological polar surface area (TPSA) is 87.7 Å². The van der Waals surface area contributed by atoms with Crippen molar-refractivity contribution in [2.24, 2.45) is 0 Å². The van der Waals surface area contributed by atoms with Gasteiger partial charge >= 0.3 is 0 Å². The molecule has 2 aromatic rings. The van der Waals surface area contributed by atoms with Gasteiger partial charge in [0.15, 0.2) is 6.29 Å². The molecule has 6 heteroatoms. The summed E-state index contributed by atoms with van der Waals surface area (Å²) in [6.45, 7) is 0. The van der Waals surface area contributed by atoms with E-state index in [9.17, 15) is 19.8 Å². The maximum absolute atomic E-state index is 11.9. The molecule has 2 atom stereocenters. The fraction of sp³-hybridized carbons (Fsp3) is 0.231. The summed E-state index contributed by atoms with van der Waals surface area (Å²) in [5, 5.41) is 19.6. The summed E-state index contributed by atoms with van der Waals surface area (Å²) in [7, 11) is 0. The molecule has 0 aliphatic carbocycles. The molecule has 0 aliphatic rings. The quantitative estimate of drug-likeness (QED) is 0.573. The number of rotatable bonds is 4. The average Bonchev–Trinajstić information content (AvgIpc) is 2.46. The third-order valence-electron chi connectivity index (χ3n) is 2.84. The SMILES string of the molecule is O=Cc1coc2ccc(C(O)C(O)CS)cc2c1=O. The molecule has 2 N–H and O–H groups in total. The largest absolute Gasteiger partial charge is 0.463 e. The first kappa shape index (κ1) is 13.8. The maximum Gasteiger partial charge on any atom is 0.203 e. The Morgan fingerprint density at radius 2 is 2.11 bits per heavy atom. The summed E-state index contributed by atoms with van der Waals surface area (Å²) < 4.78 is 5.15. The lowest BCUT2D eigenvalue weighted by atomic mass is 10.0. The molecule has 0 fully saturated rings. The molecular weight excluding hydrogens is 268 g/mol. The lowest BCUT2D eigenvalue weighted by Gasteiger charge is -2.16. The van der Waals surface area contributed by atoms with Crippen LogP contribution in [0.5, 0.6) is 0 Å². The zero-order valence-corrected chi connectivity index (χ0v) is 10.7. The van der Waals surface area contributed by atoms with Gasteiger partial charge in [-0.05, 0) is 17.7 Å². The zero-order chi connectivity index (χ0) is 14.0. The highest BCUT2D eigenvalue weighted by atomic mass is 32.1. The number of aliphatic hydroxyl groups is 2. The number of aldehydes is 1. The molecule has 0 amide bonds. The Morgan fingerprint density at radius 3 is 2.74 bits per heavy atom. The summed E-state index contributed by atoms with van der Waals surface area (Å²) in [5.41, 5.74) is 0.121. The fourth-order valence-electron chi connectivity index (χ4n) is 1.75. The molecule has 0 saturated carbocycles. The molecule has 5 nitrogen and oxygen atoms in total. The Morgan fingerprint density at radius 1 is 1.37 bits per heavy atom. The Labute approximate surface area is 113 Å². The van der Waals surface area contributed by atoms with Gasteiger partial charge in [-0.1, -0.05) is 6.07 Å². The van der Waals surface area contributed by atoms with Gasteiger partial charge < -0.3 is 14.6 Å². The summed E-state index contributed by atoms with van der Waals surface area (Å²) in [5.74, 6) is 0.0855. The fourth-order valence-corrected chi connectivity index (χ4v) is 1.95. The Kier molecular flexibility index (Phi) is 4.04. The highest BCUT2D eigenvalue weighted by molar-refractivity contribution is 7.80. The number of hydrogen-bond acceptors (Lipinski definition) is 6. The van der Waals surface area contributed by atoms with E-state index in [1.54, 1.807) is 6.07 Å². The minimum atomic E-state index is -1.15. The molecule has 0 bridgehead atoms. The van der Waals surface area contributed by atoms with Crippen LogP contribution in [0.15, 0.2) is 33.7 Å². The van der Waals surface area contributed by atoms with Crippen LogP contribution in [0.3, 0.4) is 0 Å². The van der Waals surface area contributed by atoms with E-state index in [0.29, 0.717) is 17.4 Å². The van der Waals surface area contributed by atoms with Gasteiger partial charge in [-0.15, -0.1) is 0 Å². The van der Waals surface area contributed by atoms with Gasteiger partial charge in [-0.25, -0.2) is 0 Å². The summed E-state index contributed by atoms with van der Waals surface area (Å²) in [4.78, 5) is 22.6. The van der Waals surface area contributed by atoms with Crippen LogP contribution < -0.4 is 5.43 Å². The number of aliphatic hydroxyl groups excluding tert-OH is 2. The molecule has 2 unspecified atom stereocenters. The van der Waals surface area contributed by atoms with Crippen molar-refractivity contribution in [3.63, 3.8) is 0 Å². The lowest BCUT2D eigenvalue weighted by molar-refractivity contribution is 0.0338. The predicted octanol–water partition coefficient (Wildman–Crippen LogP) is 0.930. The molecule has 0 saturated heterocycles. The molecule has 100 valence electrons. The normalized spacial score (nSPS) is 14.3. The van der Waals surface area contributed by atoms with Crippen LogP contribution in [0.2, 0.25) is 0 Å². The second-order valence-corrected chi connectivity index (χ2v) is 4.45. The molecule has 0 aliphatic heterocycles. The molecule has 2 rings (SSSR count). The summed E-state index contributed by atoms with van der Waals surface area (Å²) in [6.07, 6.45) is -0.684. The third kappa shape index (κ3) is 2.56. The van der Waals surface area contributed by atoms with E-state index >= 15 is 0 Å². The van der Waals surface area contributed by atoms with E-state index in [2.05, 4.69) is 12.6 Å². The Balaban J connectivity index is 2.59. The van der Waals surface area contributed by atoms with E-state index in [4.69, 9.17) is 4.42 Å². The first-order valence-corrected chi connectivity index (χ1v) is 6.19. The van der Waals surface area contributed by atoms with E-state index in [-0.39, 0.29) is 16.7 Å². The van der Waals surface area contributed by atoms with Gasteiger partial charge in [0.2, 0.25) is 5.43 Å². The van der Waals surface area contributed by atoms with Crippen LogP contribution in [-0.2, 0) is 0 Å². The van der Waals surface area contributed by atoms with Crippen molar-refractivity contribution >= 4 is 29.9 Å². The van der Waals surface area contributed by atoms with Crippen molar-refractivity contribution < 1.29 is 19.4 Å². The maximum atomic E-state index is 11.9. The zero-order valence-electron chi connectivity index (χ0n) is 9.81. The van der Waals surface area contributed by atoms with E-state index in [1.165, 1.54) is 12.1 Å². The first-order chi connectivity index (χ1) is 9.08. The lowest BCUT2D eigenvalue weighted by Crippen LogP contribution is -2.20. The minimum absolute atomic E-state index is 0.0855. The van der Waals surface area contributed by atoms with Gasteiger partial charge in [0.05, 0.1) is 17.1 Å². The molecule has 0 spiro atoms. The molecule has 0 radical (unpaired) electrons. The monoisotopic (exact) mass is 280 g/mol. The van der Waals surface area contributed by atoms with Crippen LogP contribution >= 0.6 is 12.6 Å². The summed E-state index contributed by atoms with van der Waals surface area (Å²) in [6, 6.07) is 4.46. The molecule has 19 heavy (non-hydrogen) atoms. The van der Waals surface area contributed by atoms with Crippen molar-refractivity contribution in [2.75, 3.05) is 5.75 Å². The van der Waals surface area contributed by atoms with Crippen LogP contribution in [0, 0.1) is 0 Å². The van der Waals surface area contributed by atoms with Gasteiger partial charge in [-0.2, -0.15) is 12.6 Å². The van der Waals surface area contributed by atoms with E-state index in [0.717, 1.165) is 6.26 Å². The molecule has 1 aromatic heterocycles. The van der Waals surface area contributed by atoms with Crippen molar-refractivity contribution in [1.29, 1.82) is 0 Å². The first-order valence-electron chi connectivity index (χ1n) is 5.56. The molecule has 1 aromatic carbocycles. The number of carbonyl (C=O) groups is 1. The average molecular weight is 280 g/mol. The van der Waals surface area contributed by atoms with Crippen molar-refractivity contribution in [3.05, 3.63) is 45.8 Å². The second-order valence-electron chi connectivity index (χ2n) is 4.09. The van der Waals surface area contributed by atoms with Crippen LogP contribution in [0.4, 0.5) is 0 Å². The highest BCUT2D eigenvalue weighted by Gasteiger charge is 2.18.